The van der Waals surface area contributed by atoms with E-state index >= 15 is 0 Å². The van der Waals surface area contributed by atoms with Crippen molar-refractivity contribution < 1.29 is 18.7 Å². The first kappa shape index (κ1) is 17.9. The number of ether oxygens (including phenoxy) is 1. The topological polar surface area (TPSA) is 55.4 Å². The summed E-state index contributed by atoms with van der Waals surface area (Å²) in [7, 11) is 0. The summed E-state index contributed by atoms with van der Waals surface area (Å²) in [6.07, 6.45) is 5.12. The van der Waals surface area contributed by atoms with Crippen LogP contribution in [0.3, 0.4) is 0 Å². The minimum absolute atomic E-state index is 0.232. The Kier molecular flexibility index (Phi) is 5.79. The van der Waals surface area contributed by atoms with Crippen LogP contribution in [-0.2, 0) is 14.3 Å². The number of hydrogen-bond donors (Lipinski definition) is 1. The highest BCUT2D eigenvalue weighted by Crippen LogP contribution is 2.25. The van der Waals surface area contributed by atoms with Gasteiger partial charge in [0.25, 0.3) is 5.91 Å². The van der Waals surface area contributed by atoms with Gasteiger partial charge in [-0.15, -0.1) is 0 Å². The maximum absolute atomic E-state index is 13.0. The van der Waals surface area contributed by atoms with Crippen molar-refractivity contribution in [2.45, 2.75) is 25.4 Å². The van der Waals surface area contributed by atoms with Gasteiger partial charge >= 0.3 is 5.97 Å². The van der Waals surface area contributed by atoms with E-state index in [-0.39, 0.29) is 17.7 Å². The second-order valence-electron chi connectivity index (χ2n) is 6.21. The molecule has 1 amide bonds. The number of benzene rings is 2. The predicted octanol–water partition coefficient (Wildman–Crippen LogP) is 4.41. The Morgan fingerprint density at radius 1 is 1.04 bits per heavy atom. The van der Waals surface area contributed by atoms with Crippen LogP contribution in [0.2, 0.25) is 0 Å². The first-order valence-electron chi connectivity index (χ1n) is 8.60. The molecular formula is C21H20FNO3. The first-order chi connectivity index (χ1) is 12.6. The van der Waals surface area contributed by atoms with Crippen molar-refractivity contribution in [2.24, 2.45) is 5.92 Å². The average molecular weight is 353 g/mol. The lowest BCUT2D eigenvalue weighted by Crippen LogP contribution is -2.29. The van der Waals surface area contributed by atoms with Gasteiger partial charge in [-0.25, -0.2) is 4.39 Å². The van der Waals surface area contributed by atoms with Crippen molar-refractivity contribution in [3.63, 3.8) is 0 Å². The van der Waals surface area contributed by atoms with E-state index in [1.165, 1.54) is 24.3 Å². The van der Waals surface area contributed by atoms with Crippen LogP contribution >= 0.6 is 0 Å². The van der Waals surface area contributed by atoms with Crippen LogP contribution in [-0.4, -0.2) is 11.9 Å². The van der Waals surface area contributed by atoms with Gasteiger partial charge in [-0.3, -0.25) is 9.59 Å². The van der Waals surface area contributed by atoms with E-state index in [9.17, 15) is 14.0 Å². The van der Waals surface area contributed by atoms with Crippen molar-refractivity contribution >= 4 is 17.6 Å². The van der Waals surface area contributed by atoms with Crippen LogP contribution < -0.4 is 5.32 Å². The number of esters is 1. The number of anilines is 1. The number of rotatable bonds is 5. The first-order valence-corrected chi connectivity index (χ1v) is 8.60. The number of allylic oxidation sites excluding steroid dienone is 2. The zero-order valence-corrected chi connectivity index (χ0v) is 14.2. The SMILES string of the molecule is O=C(O[C@H](C(=O)Nc1ccc(F)cc1)c1ccccc1)[C@@H]1CC=CCC1. The molecule has 0 aromatic heterocycles. The molecule has 0 unspecified atom stereocenters. The molecule has 134 valence electrons. The fourth-order valence-corrected chi connectivity index (χ4v) is 2.86. The number of halogens is 1. The molecule has 2 aromatic rings. The lowest BCUT2D eigenvalue weighted by Gasteiger charge is -2.22. The van der Waals surface area contributed by atoms with E-state index in [1.807, 2.05) is 18.2 Å². The van der Waals surface area contributed by atoms with Crippen LogP contribution in [0, 0.1) is 11.7 Å². The van der Waals surface area contributed by atoms with E-state index in [1.54, 1.807) is 24.3 Å². The Balaban J connectivity index is 1.76. The van der Waals surface area contributed by atoms with E-state index in [4.69, 9.17) is 4.74 Å². The van der Waals surface area contributed by atoms with Crippen molar-refractivity contribution in [3.8, 4) is 0 Å². The van der Waals surface area contributed by atoms with Gasteiger partial charge in [0.05, 0.1) is 5.92 Å². The van der Waals surface area contributed by atoms with E-state index in [0.29, 0.717) is 17.7 Å². The van der Waals surface area contributed by atoms with Gasteiger partial charge in [0.1, 0.15) is 5.82 Å². The van der Waals surface area contributed by atoms with Crippen molar-refractivity contribution in [1.82, 2.24) is 0 Å². The number of amides is 1. The molecule has 0 bridgehead atoms. The summed E-state index contributed by atoms with van der Waals surface area (Å²) in [5.41, 5.74) is 1.03. The molecule has 5 heteroatoms. The summed E-state index contributed by atoms with van der Waals surface area (Å²) in [4.78, 5) is 25.2. The number of carbonyl (C=O) groups is 2. The monoisotopic (exact) mass is 353 g/mol. The van der Waals surface area contributed by atoms with Gasteiger partial charge in [0.2, 0.25) is 6.10 Å². The fourth-order valence-electron chi connectivity index (χ4n) is 2.86. The molecule has 0 heterocycles. The molecule has 4 nitrogen and oxygen atoms in total. The lowest BCUT2D eigenvalue weighted by molar-refractivity contribution is -0.159. The smallest absolute Gasteiger partial charge is 0.310 e. The minimum atomic E-state index is -1.06. The third kappa shape index (κ3) is 4.57. The molecule has 0 saturated heterocycles. The van der Waals surface area contributed by atoms with Gasteiger partial charge in [0, 0.05) is 11.3 Å². The summed E-state index contributed by atoms with van der Waals surface area (Å²) in [5, 5.41) is 2.68. The Labute approximate surface area is 151 Å². The quantitative estimate of drug-likeness (QED) is 0.640. The summed E-state index contributed by atoms with van der Waals surface area (Å²) in [6, 6.07) is 14.3. The van der Waals surface area contributed by atoms with Crippen LogP contribution in [0.25, 0.3) is 0 Å². The molecule has 0 spiro atoms. The third-order valence-electron chi connectivity index (χ3n) is 4.29. The highest BCUT2D eigenvalue weighted by molar-refractivity contribution is 5.96. The zero-order chi connectivity index (χ0) is 18.4. The van der Waals surface area contributed by atoms with Crippen molar-refractivity contribution in [2.75, 3.05) is 5.32 Å². The van der Waals surface area contributed by atoms with E-state index in [0.717, 1.165) is 12.8 Å². The maximum atomic E-state index is 13.0. The molecule has 1 N–H and O–H groups in total. The molecule has 0 saturated carbocycles. The van der Waals surface area contributed by atoms with Gasteiger partial charge in [-0.2, -0.15) is 0 Å². The molecule has 0 fully saturated rings. The Morgan fingerprint density at radius 2 is 1.77 bits per heavy atom. The summed E-state index contributed by atoms with van der Waals surface area (Å²) in [6.45, 7) is 0. The normalized spacial score (nSPS) is 17.3. The molecule has 1 aliphatic carbocycles. The second kappa shape index (κ2) is 8.43. The highest BCUT2D eigenvalue weighted by atomic mass is 19.1. The molecule has 3 rings (SSSR count). The van der Waals surface area contributed by atoms with Gasteiger partial charge in [-0.05, 0) is 43.5 Å². The largest absolute Gasteiger partial charge is 0.447 e. The molecular weight excluding hydrogens is 333 g/mol. The van der Waals surface area contributed by atoms with Gasteiger partial charge < -0.3 is 10.1 Å². The zero-order valence-electron chi connectivity index (χ0n) is 14.2. The van der Waals surface area contributed by atoms with Gasteiger partial charge in [0.15, 0.2) is 0 Å². The number of carbonyl (C=O) groups excluding carboxylic acids is 2. The molecule has 0 aliphatic heterocycles. The van der Waals surface area contributed by atoms with Crippen molar-refractivity contribution in [1.29, 1.82) is 0 Å². The number of nitrogens with one attached hydrogen (secondary N) is 1. The Bertz CT molecular complexity index is 787. The average Bonchev–Trinajstić information content (AvgIpc) is 2.69. The maximum Gasteiger partial charge on any atom is 0.310 e. The third-order valence-corrected chi connectivity index (χ3v) is 4.29. The van der Waals surface area contributed by atoms with Crippen LogP contribution in [0.4, 0.5) is 10.1 Å². The summed E-state index contributed by atoms with van der Waals surface area (Å²) in [5.74, 6) is -1.47. The predicted molar refractivity (Wildman–Crippen MR) is 96.8 cm³/mol. The lowest BCUT2D eigenvalue weighted by atomic mass is 9.94. The minimum Gasteiger partial charge on any atom is -0.447 e. The highest BCUT2D eigenvalue weighted by Gasteiger charge is 2.29. The molecule has 0 radical (unpaired) electrons. The van der Waals surface area contributed by atoms with Crippen molar-refractivity contribution in [3.05, 3.63) is 78.1 Å². The fraction of sp³-hybridized carbons (Fsp3) is 0.238. The van der Waals surface area contributed by atoms with E-state index in [2.05, 4.69) is 5.32 Å². The molecule has 2 atom stereocenters. The Morgan fingerprint density at radius 3 is 2.42 bits per heavy atom. The van der Waals surface area contributed by atoms with Crippen LogP contribution in [0.5, 0.6) is 0 Å². The van der Waals surface area contributed by atoms with Gasteiger partial charge in [-0.1, -0.05) is 42.5 Å². The molecule has 1 aliphatic rings. The van der Waals surface area contributed by atoms with Crippen LogP contribution in [0.1, 0.15) is 30.9 Å². The molecule has 26 heavy (non-hydrogen) atoms. The standard InChI is InChI=1S/C21H20FNO3/c22-17-11-13-18(14-12-17)23-20(24)19(15-7-3-1-4-8-15)26-21(25)16-9-5-2-6-10-16/h1-5,7-8,11-14,16,19H,6,9-10H2,(H,23,24)/t16-,19+/m1/s1. The molecule has 2 aromatic carbocycles. The van der Waals surface area contributed by atoms with E-state index < -0.39 is 12.0 Å². The number of hydrogen-bond acceptors (Lipinski definition) is 3. The second-order valence-corrected chi connectivity index (χ2v) is 6.21. The summed E-state index contributed by atoms with van der Waals surface area (Å²) >= 11 is 0. The van der Waals surface area contributed by atoms with Crippen LogP contribution in [0.15, 0.2) is 66.7 Å². The summed E-state index contributed by atoms with van der Waals surface area (Å²) < 4.78 is 18.6. The Hall–Kier alpha value is -2.95.